The predicted octanol–water partition coefficient (Wildman–Crippen LogP) is 1.01. The molecule has 7 nitrogen and oxygen atoms in total. The number of fused-ring (bicyclic) bond motifs is 1. The Balaban J connectivity index is 1.85. The number of amides is 1. The third-order valence-corrected chi connectivity index (χ3v) is 4.80. The molecule has 0 spiro atoms. The Morgan fingerprint density at radius 1 is 1.29 bits per heavy atom. The number of carboxylic acids is 1. The summed E-state index contributed by atoms with van der Waals surface area (Å²) in [4.78, 5) is 38.8. The van der Waals surface area contributed by atoms with Gasteiger partial charge in [-0.3, -0.25) is 14.4 Å². The predicted molar refractivity (Wildman–Crippen MR) is 86.2 cm³/mol. The van der Waals surface area contributed by atoms with Gasteiger partial charge in [-0.1, -0.05) is 6.42 Å². The van der Waals surface area contributed by atoms with E-state index in [4.69, 9.17) is 9.84 Å². The van der Waals surface area contributed by atoms with Crippen molar-refractivity contribution in [3.05, 3.63) is 33.2 Å². The molecule has 1 aromatic rings. The number of carboxylic acid groups (broad SMARTS) is 1. The summed E-state index contributed by atoms with van der Waals surface area (Å²) in [6.45, 7) is 0.544. The highest BCUT2D eigenvalue weighted by Crippen LogP contribution is 2.24. The summed E-state index contributed by atoms with van der Waals surface area (Å²) >= 11 is 0. The molecule has 7 heteroatoms. The van der Waals surface area contributed by atoms with Gasteiger partial charge in [0.25, 0.3) is 11.5 Å². The fourth-order valence-electron chi connectivity index (χ4n) is 3.51. The van der Waals surface area contributed by atoms with Crippen LogP contribution in [0.4, 0.5) is 0 Å². The maximum atomic E-state index is 12.6. The Kier molecular flexibility index (Phi) is 4.71. The number of aromatic amines is 1. The van der Waals surface area contributed by atoms with Crippen LogP contribution >= 0.6 is 0 Å². The number of carbonyl (C=O) groups excluding carboxylic acids is 1. The Hall–Kier alpha value is -2.15. The standard InChI is InChI=1S/C17H22N2O5/c20-14(21)9-17(6-7-24-10-17)19-16(23)12-8-11-4-2-1-3-5-13(11)18-15(12)22/h8H,1-7,9-10H2,(H,18,22)(H,19,23)(H,20,21). The summed E-state index contributed by atoms with van der Waals surface area (Å²) in [5, 5.41) is 11.8. The van der Waals surface area contributed by atoms with Crippen molar-refractivity contribution in [2.75, 3.05) is 13.2 Å². The Labute approximate surface area is 139 Å². The zero-order chi connectivity index (χ0) is 17.2. The number of hydrogen-bond acceptors (Lipinski definition) is 4. The lowest BCUT2D eigenvalue weighted by molar-refractivity contribution is -0.138. The highest BCUT2D eigenvalue weighted by atomic mass is 16.5. The van der Waals surface area contributed by atoms with Gasteiger partial charge >= 0.3 is 5.97 Å². The number of nitrogens with one attached hydrogen (secondary N) is 2. The lowest BCUT2D eigenvalue weighted by atomic mass is 9.93. The van der Waals surface area contributed by atoms with Gasteiger partial charge in [0.15, 0.2) is 0 Å². The van der Waals surface area contributed by atoms with Crippen LogP contribution in [0.1, 0.15) is 53.7 Å². The molecule has 0 radical (unpaired) electrons. The molecule has 130 valence electrons. The van der Waals surface area contributed by atoms with Crippen LogP contribution in [0.25, 0.3) is 0 Å². The zero-order valence-corrected chi connectivity index (χ0v) is 13.5. The highest BCUT2D eigenvalue weighted by Gasteiger charge is 2.39. The number of aromatic nitrogens is 1. The van der Waals surface area contributed by atoms with Gasteiger partial charge in [-0.15, -0.1) is 0 Å². The molecule has 3 rings (SSSR count). The van der Waals surface area contributed by atoms with E-state index in [1.807, 2.05) is 0 Å². The van der Waals surface area contributed by atoms with Gasteiger partial charge in [-0.2, -0.15) is 0 Å². The third-order valence-electron chi connectivity index (χ3n) is 4.80. The van der Waals surface area contributed by atoms with Crippen LogP contribution in [0.15, 0.2) is 10.9 Å². The largest absolute Gasteiger partial charge is 0.481 e. The fourth-order valence-corrected chi connectivity index (χ4v) is 3.51. The molecular formula is C17H22N2O5. The summed E-state index contributed by atoms with van der Waals surface area (Å²) in [7, 11) is 0. The van der Waals surface area contributed by atoms with Crippen LogP contribution in [-0.4, -0.2) is 40.7 Å². The monoisotopic (exact) mass is 334 g/mol. The molecule has 1 unspecified atom stereocenters. The first kappa shape index (κ1) is 16.7. The second-order valence-corrected chi connectivity index (χ2v) is 6.68. The van der Waals surface area contributed by atoms with E-state index in [9.17, 15) is 14.4 Å². The molecule has 3 N–H and O–H groups in total. The van der Waals surface area contributed by atoms with Crippen molar-refractivity contribution in [3.8, 4) is 0 Å². The number of rotatable bonds is 4. The molecule has 0 bridgehead atoms. The smallest absolute Gasteiger partial charge is 0.305 e. The molecule has 1 saturated heterocycles. The summed E-state index contributed by atoms with van der Waals surface area (Å²) in [6.07, 6.45) is 5.05. The van der Waals surface area contributed by atoms with Crippen molar-refractivity contribution in [1.29, 1.82) is 0 Å². The normalized spacial score (nSPS) is 23.3. The number of hydrogen-bond donors (Lipinski definition) is 3. The number of ether oxygens (including phenoxy) is 1. The molecule has 1 aliphatic heterocycles. The first-order valence-corrected chi connectivity index (χ1v) is 8.36. The number of pyridine rings is 1. The van der Waals surface area contributed by atoms with E-state index in [-0.39, 0.29) is 18.6 Å². The Bertz CT molecular complexity index is 703. The summed E-state index contributed by atoms with van der Waals surface area (Å²) in [5.41, 5.74) is 0.609. The minimum absolute atomic E-state index is 0.0484. The number of H-pyrrole nitrogens is 1. The van der Waals surface area contributed by atoms with Gasteiger partial charge in [-0.25, -0.2) is 0 Å². The molecule has 1 amide bonds. The highest BCUT2D eigenvalue weighted by molar-refractivity contribution is 5.95. The van der Waals surface area contributed by atoms with Crippen molar-refractivity contribution in [1.82, 2.24) is 10.3 Å². The second kappa shape index (κ2) is 6.76. The van der Waals surface area contributed by atoms with E-state index in [1.165, 1.54) is 0 Å². The second-order valence-electron chi connectivity index (χ2n) is 6.68. The molecule has 1 aromatic heterocycles. The number of carbonyl (C=O) groups is 2. The summed E-state index contributed by atoms with van der Waals surface area (Å²) < 4.78 is 5.27. The zero-order valence-electron chi connectivity index (χ0n) is 13.5. The van der Waals surface area contributed by atoms with Gasteiger partial charge in [0, 0.05) is 12.3 Å². The maximum Gasteiger partial charge on any atom is 0.305 e. The van der Waals surface area contributed by atoms with E-state index in [0.29, 0.717) is 13.0 Å². The van der Waals surface area contributed by atoms with Crippen LogP contribution < -0.4 is 10.9 Å². The van der Waals surface area contributed by atoms with Gasteiger partial charge in [-0.05, 0) is 43.7 Å². The Morgan fingerprint density at radius 3 is 2.79 bits per heavy atom. The van der Waals surface area contributed by atoms with E-state index in [0.717, 1.165) is 43.4 Å². The van der Waals surface area contributed by atoms with Crippen LogP contribution in [0.2, 0.25) is 0 Å². The van der Waals surface area contributed by atoms with Crippen molar-refractivity contribution < 1.29 is 19.4 Å². The van der Waals surface area contributed by atoms with E-state index in [1.54, 1.807) is 6.07 Å². The van der Waals surface area contributed by atoms with E-state index >= 15 is 0 Å². The number of aryl methyl sites for hydroxylation is 2. The first-order chi connectivity index (χ1) is 11.5. The quantitative estimate of drug-likeness (QED) is 0.712. The minimum atomic E-state index is -1.00. The summed E-state index contributed by atoms with van der Waals surface area (Å²) in [5.74, 6) is -1.54. The molecule has 24 heavy (non-hydrogen) atoms. The molecule has 0 saturated carbocycles. The van der Waals surface area contributed by atoms with Gasteiger partial charge in [0.05, 0.1) is 18.6 Å². The molecular weight excluding hydrogens is 312 g/mol. The minimum Gasteiger partial charge on any atom is -0.481 e. The third kappa shape index (κ3) is 3.51. The summed E-state index contributed by atoms with van der Waals surface area (Å²) in [6, 6.07) is 1.67. The lowest BCUT2D eigenvalue weighted by Gasteiger charge is -2.27. The van der Waals surface area contributed by atoms with E-state index in [2.05, 4.69) is 10.3 Å². The topological polar surface area (TPSA) is 108 Å². The molecule has 1 fully saturated rings. The average Bonchev–Trinajstić information content (AvgIpc) is 2.83. The fraction of sp³-hybridized carbons (Fsp3) is 0.588. The van der Waals surface area contributed by atoms with Crippen LogP contribution in [0, 0.1) is 0 Å². The van der Waals surface area contributed by atoms with Crippen molar-refractivity contribution >= 4 is 11.9 Å². The first-order valence-electron chi connectivity index (χ1n) is 8.36. The van der Waals surface area contributed by atoms with Crippen LogP contribution in [0.5, 0.6) is 0 Å². The molecule has 2 heterocycles. The lowest BCUT2D eigenvalue weighted by Crippen LogP contribution is -2.51. The SMILES string of the molecule is O=C(O)CC1(NC(=O)c2cc3c([nH]c2=O)CCCCC3)CCOC1. The van der Waals surface area contributed by atoms with Gasteiger partial charge in [0.1, 0.15) is 5.56 Å². The van der Waals surface area contributed by atoms with Crippen molar-refractivity contribution in [3.63, 3.8) is 0 Å². The molecule has 1 aliphatic carbocycles. The molecule has 0 aromatic carbocycles. The van der Waals surface area contributed by atoms with Crippen molar-refractivity contribution in [2.45, 2.75) is 50.5 Å². The maximum absolute atomic E-state index is 12.6. The Morgan fingerprint density at radius 2 is 2.08 bits per heavy atom. The molecule has 1 atom stereocenters. The van der Waals surface area contributed by atoms with E-state index < -0.39 is 23.0 Å². The molecule has 2 aliphatic rings. The van der Waals surface area contributed by atoms with Crippen molar-refractivity contribution in [2.24, 2.45) is 0 Å². The average molecular weight is 334 g/mol. The van der Waals surface area contributed by atoms with Crippen LogP contribution in [-0.2, 0) is 22.4 Å². The number of aliphatic carboxylic acids is 1. The van der Waals surface area contributed by atoms with Gasteiger partial charge < -0.3 is 20.1 Å². The van der Waals surface area contributed by atoms with Crippen LogP contribution in [0.3, 0.4) is 0 Å². The van der Waals surface area contributed by atoms with Gasteiger partial charge in [0.2, 0.25) is 0 Å².